The van der Waals surface area contributed by atoms with Crippen molar-refractivity contribution in [2.24, 2.45) is 0 Å². The first-order valence-corrected chi connectivity index (χ1v) is 7.15. The van der Waals surface area contributed by atoms with Crippen molar-refractivity contribution >= 4 is 29.0 Å². The lowest BCUT2D eigenvalue weighted by Crippen LogP contribution is -2.14. The summed E-state index contributed by atoms with van der Waals surface area (Å²) >= 11 is 1.62. The highest BCUT2D eigenvalue weighted by Crippen LogP contribution is 2.20. The highest BCUT2D eigenvalue weighted by molar-refractivity contribution is 7.98. The molecule has 3 N–H and O–H groups in total. The van der Waals surface area contributed by atoms with E-state index in [4.69, 9.17) is 5.73 Å². The quantitative estimate of drug-likeness (QED) is 0.841. The molecule has 1 aromatic carbocycles. The number of hydrogen-bond acceptors (Lipinski definition) is 4. The molecule has 0 bridgehead atoms. The largest absolute Gasteiger partial charge is 0.396 e. The number of thioether (sulfide) groups is 1. The van der Waals surface area contributed by atoms with Crippen LogP contribution in [0.2, 0.25) is 0 Å². The summed E-state index contributed by atoms with van der Waals surface area (Å²) in [6.07, 6.45) is 3.65. The van der Waals surface area contributed by atoms with E-state index >= 15 is 0 Å². The fourth-order valence-corrected chi connectivity index (χ4v) is 2.13. The Morgan fingerprint density at radius 3 is 2.95 bits per heavy atom. The normalized spacial score (nSPS) is 10.4. The van der Waals surface area contributed by atoms with Crippen molar-refractivity contribution in [2.75, 3.05) is 17.3 Å². The highest BCUT2D eigenvalue weighted by Gasteiger charge is 2.14. The van der Waals surface area contributed by atoms with E-state index in [2.05, 4.69) is 10.4 Å². The van der Waals surface area contributed by atoms with Crippen molar-refractivity contribution in [3.8, 4) is 0 Å². The number of nitrogens with one attached hydrogen (secondary N) is 1. The SMILES string of the molecule is CCn1cc(N)c(C(=O)Nc2cccc(SC)c2)n1. The van der Waals surface area contributed by atoms with Crippen LogP contribution in [0.3, 0.4) is 0 Å². The second-order valence-corrected chi connectivity index (χ2v) is 4.85. The number of benzene rings is 1. The molecule has 0 fully saturated rings. The molecule has 0 spiro atoms. The smallest absolute Gasteiger partial charge is 0.278 e. The van der Waals surface area contributed by atoms with Crippen molar-refractivity contribution in [2.45, 2.75) is 18.4 Å². The molecule has 0 unspecified atom stereocenters. The van der Waals surface area contributed by atoms with Crippen LogP contribution in [-0.4, -0.2) is 21.9 Å². The third-order valence-electron chi connectivity index (χ3n) is 2.66. The number of aryl methyl sites for hydroxylation is 1. The Bertz CT molecular complexity index is 594. The zero-order valence-electron chi connectivity index (χ0n) is 10.9. The van der Waals surface area contributed by atoms with Crippen molar-refractivity contribution in [1.29, 1.82) is 0 Å². The van der Waals surface area contributed by atoms with Crippen LogP contribution in [0.15, 0.2) is 35.4 Å². The summed E-state index contributed by atoms with van der Waals surface area (Å²) in [6, 6.07) is 7.64. The first-order valence-electron chi connectivity index (χ1n) is 5.92. The first kappa shape index (κ1) is 13.5. The molecular formula is C13H16N4OS. The number of anilines is 2. The lowest BCUT2D eigenvalue weighted by molar-refractivity contribution is 0.102. The molecule has 0 saturated heterocycles. The Morgan fingerprint density at radius 2 is 2.32 bits per heavy atom. The van der Waals surface area contributed by atoms with E-state index < -0.39 is 0 Å². The summed E-state index contributed by atoms with van der Waals surface area (Å²) in [5.74, 6) is -0.289. The van der Waals surface area contributed by atoms with E-state index in [-0.39, 0.29) is 11.6 Å². The first-order chi connectivity index (χ1) is 9.13. The summed E-state index contributed by atoms with van der Waals surface area (Å²) < 4.78 is 1.64. The fraction of sp³-hybridized carbons (Fsp3) is 0.231. The van der Waals surface area contributed by atoms with Gasteiger partial charge in [0.1, 0.15) is 0 Å². The number of nitrogens with zero attached hydrogens (tertiary/aromatic N) is 2. The Balaban J connectivity index is 2.17. The number of nitrogens with two attached hydrogens (primary N) is 1. The molecule has 100 valence electrons. The second kappa shape index (κ2) is 5.79. The minimum absolute atomic E-state index is 0.261. The molecule has 2 rings (SSSR count). The van der Waals surface area contributed by atoms with Gasteiger partial charge in [-0.2, -0.15) is 5.10 Å². The third kappa shape index (κ3) is 3.08. The van der Waals surface area contributed by atoms with Gasteiger partial charge in [-0.05, 0) is 31.4 Å². The zero-order chi connectivity index (χ0) is 13.8. The summed E-state index contributed by atoms with van der Waals surface area (Å²) in [4.78, 5) is 13.2. The summed E-state index contributed by atoms with van der Waals surface area (Å²) in [6.45, 7) is 2.62. The summed E-state index contributed by atoms with van der Waals surface area (Å²) in [5.41, 5.74) is 7.17. The van der Waals surface area contributed by atoms with Gasteiger partial charge in [-0.1, -0.05) is 6.07 Å². The molecule has 2 aromatic rings. The Labute approximate surface area is 116 Å². The third-order valence-corrected chi connectivity index (χ3v) is 3.38. The topological polar surface area (TPSA) is 72.9 Å². The number of carbonyl (C=O) groups excluding carboxylic acids is 1. The minimum atomic E-state index is -0.289. The molecule has 0 aliphatic heterocycles. The molecule has 0 radical (unpaired) electrons. The molecule has 1 heterocycles. The van der Waals surface area contributed by atoms with Crippen molar-refractivity contribution in [1.82, 2.24) is 9.78 Å². The predicted molar refractivity (Wildman–Crippen MR) is 78.5 cm³/mol. The number of carbonyl (C=O) groups is 1. The average molecular weight is 276 g/mol. The van der Waals surface area contributed by atoms with E-state index in [1.54, 1.807) is 22.6 Å². The second-order valence-electron chi connectivity index (χ2n) is 3.97. The van der Waals surface area contributed by atoms with Crippen LogP contribution < -0.4 is 11.1 Å². The molecule has 0 saturated carbocycles. The van der Waals surface area contributed by atoms with Crippen molar-refractivity contribution in [3.05, 3.63) is 36.2 Å². The lowest BCUT2D eigenvalue weighted by Gasteiger charge is -2.05. The van der Waals surface area contributed by atoms with E-state index in [1.807, 2.05) is 37.4 Å². The zero-order valence-corrected chi connectivity index (χ0v) is 11.7. The molecule has 19 heavy (non-hydrogen) atoms. The maximum atomic E-state index is 12.1. The van der Waals surface area contributed by atoms with Crippen LogP contribution >= 0.6 is 11.8 Å². The van der Waals surface area contributed by atoms with Crippen LogP contribution in [0, 0.1) is 0 Å². The van der Waals surface area contributed by atoms with Gasteiger partial charge < -0.3 is 11.1 Å². The molecule has 0 atom stereocenters. The van der Waals surface area contributed by atoms with Crippen LogP contribution in [-0.2, 0) is 6.54 Å². The van der Waals surface area contributed by atoms with Crippen LogP contribution in [0.5, 0.6) is 0 Å². The number of aromatic nitrogens is 2. The summed E-state index contributed by atoms with van der Waals surface area (Å²) in [7, 11) is 0. The molecule has 5 nitrogen and oxygen atoms in total. The van der Waals surface area contributed by atoms with E-state index in [0.717, 1.165) is 10.6 Å². The monoisotopic (exact) mass is 276 g/mol. The number of amides is 1. The van der Waals surface area contributed by atoms with Gasteiger partial charge in [0.25, 0.3) is 5.91 Å². The number of nitrogen functional groups attached to an aromatic ring is 1. The molecule has 6 heteroatoms. The van der Waals surface area contributed by atoms with Gasteiger partial charge in [0.05, 0.1) is 5.69 Å². The van der Waals surface area contributed by atoms with Gasteiger partial charge in [0.2, 0.25) is 0 Å². The van der Waals surface area contributed by atoms with Gasteiger partial charge in [-0.3, -0.25) is 9.48 Å². The van der Waals surface area contributed by atoms with Gasteiger partial charge in [0, 0.05) is 23.3 Å². The van der Waals surface area contributed by atoms with Crippen molar-refractivity contribution < 1.29 is 4.79 Å². The van der Waals surface area contributed by atoms with Gasteiger partial charge in [0.15, 0.2) is 5.69 Å². The fourth-order valence-electron chi connectivity index (χ4n) is 1.67. The average Bonchev–Trinajstić information content (AvgIpc) is 2.80. The summed E-state index contributed by atoms with van der Waals surface area (Å²) in [5, 5.41) is 6.94. The van der Waals surface area contributed by atoms with Crippen LogP contribution in [0.25, 0.3) is 0 Å². The standard InChI is InChI=1S/C13H16N4OS/c1-3-17-8-11(14)12(16-17)13(18)15-9-5-4-6-10(7-9)19-2/h4-8H,3,14H2,1-2H3,(H,15,18). The van der Waals surface area contributed by atoms with Crippen molar-refractivity contribution in [3.63, 3.8) is 0 Å². The Hall–Kier alpha value is -1.95. The predicted octanol–water partition coefficient (Wildman–Crippen LogP) is 2.46. The van der Waals surface area contributed by atoms with Gasteiger partial charge in [-0.15, -0.1) is 11.8 Å². The maximum Gasteiger partial charge on any atom is 0.278 e. The van der Waals surface area contributed by atoms with Gasteiger partial charge >= 0.3 is 0 Å². The minimum Gasteiger partial charge on any atom is -0.396 e. The van der Waals surface area contributed by atoms with Crippen LogP contribution in [0.4, 0.5) is 11.4 Å². The molecule has 1 amide bonds. The Morgan fingerprint density at radius 1 is 1.53 bits per heavy atom. The van der Waals surface area contributed by atoms with E-state index in [1.165, 1.54) is 0 Å². The highest BCUT2D eigenvalue weighted by atomic mass is 32.2. The van der Waals surface area contributed by atoms with E-state index in [0.29, 0.717) is 12.2 Å². The molecular weight excluding hydrogens is 260 g/mol. The molecule has 1 aromatic heterocycles. The number of rotatable bonds is 4. The van der Waals surface area contributed by atoms with E-state index in [9.17, 15) is 4.79 Å². The maximum absolute atomic E-state index is 12.1. The number of hydrogen-bond donors (Lipinski definition) is 2. The molecule has 0 aliphatic carbocycles. The van der Waals surface area contributed by atoms with Gasteiger partial charge in [-0.25, -0.2) is 0 Å². The molecule has 0 aliphatic rings. The lowest BCUT2D eigenvalue weighted by atomic mass is 10.3. The van der Waals surface area contributed by atoms with Crippen LogP contribution in [0.1, 0.15) is 17.4 Å². The Kier molecular flexibility index (Phi) is 4.11.